The predicted octanol–water partition coefficient (Wildman–Crippen LogP) is 6.46. The van der Waals surface area contributed by atoms with Crippen molar-refractivity contribution in [2.45, 2.75) is 19.4 Å². The normalized spacial score (nSPS) is 19.9. The molecule has 1 heterocycles. The van der Waals surface area contributed by atoms with Crippen LogP contribution in [-0.2, 0) is 4.79 Å². The molecule has 0 amide bonds. The summed E-state index contributed by atoms with van der Waals surface area (Å²) in [6, 6.07) is 13.0. The van der Waals surface area contributed by atoms with Crippen LogP contribution in [0.2, 0.25) is 10.0 Å². The van der Waals surface area contributed by atoms with Crippen LogP contribution in [0.4, 0.5) is 5.69 Å². The summed E-state index contributed by atoms with van der Waals surface area (Å²) in [6.07, 6.45) is 0.722. The van der Waals surface area contributed by atoms with Gasteiger partial charge in [-0.05, 0) is 53.9 Å². The molecule has 0 saturated heterocycles. The molecule has 130 valence electrons. The average Bonchev–Trinajstić information content (AvgIpc) is 2.95. The van der Waals surface area contributed by atoms with Gasteiger partial charge in [0.15, 0.2) is 0 Å². The van der Waals surface area contributed by atoms with Crippen LogP contribution in [-0.4, -0.2) is 11.0 Å². The van der Waals surface area contributed by atoms with Crippen LogP contribution >= 0.6 is 50.7 Å². The molecule has 1 aliphatic heterocycles. The van der Waals surface area contributed by atoms with E-state index in [0.717, 1.165) is 16.5 Å². The highest BCUT2D eigenvalue weighted by Gasteiger charge is 2.41. The lowest BCUT2D eigenvalue weighted by Crippen LogP contribution is -2.26. The molecule has 0 spiro atoms. The Morgan fingerprint density at radius 3 is 2.44 bits per heavy atom. The van der Waals surface area contributed by atoms with Gasteiger partial charge in [0, 0.05) is 15.4 Å². The Labute approximate surface area is 169 Å². The summed E-state index contributed by atoms with van der Waals surface area (Å²) in [6.45, 7) is 2.01. The van der Waals surface area contributed by atoms with Crippen LogP contribution in [0.25, 0.3) is 0 Å². The Morgan fingerprint density at radius 2 is 1.88 bits per heavy atom. The molecule has 0 aliphatic carbocycles. The lowest BCUT2D eigenvalue weighted by Gasteiger charge is -2.28. The van der Waals surface area contributed by atoms with E-state index in [1.54, 1.807) is 23.2 Å². The molecule has 2 aromatic rings. The number of nitrogens with zero attached hydrogens (tertiary/aromatic N) is 2. The summed E-state index contributed by atoms with van der Waals surface area (Å²) in [5.74, 6) is -0.127. The summed E-state index contributed by atoms with van der Waals surface area (Å²) in [5, 5.41) is 6.75. The number of hydrogen-bond donors (Lipinski definition) is 0. The number of rotatable bonds is 4. The molecule has 7 heteroatoms. The summed E-state index contributed by atoms with van der Waals surface area (Å²) >= 11 is 21.6. The van der Waals surface area contributed by atoms with Crippen LogP contribution in [0.3, 0.4) is 0 Å². The lowest BCUT2D eigenvalue weighted by molar-refractivity contribution is -0.106. The van der Waals surface area contributed by atoms with Crippen molar-refractivity contribution in [3.8, 4) is 0 Å². The van der Waals surface area contributed by atoms with Gasteiger partial charge in [0.05, 0.1) is 16.8 Å². The topological polar surface area (TPSA) is 32.7 Å². The van der Waals surface area contributed by atoms with Crippen molar-refractivity contribution < 1.29 is 4.79 Å². The van der Waals surface area contributed by atoms with Gasteiger partial charge < -0.3 is 0 Å². The number of anilines is 1. The first-order valence-corrected chi connectivity index (χ1v) is 9.63. The third-order valence-electron chi connectivity index (χ3n) is 4.22. The van der Waals surface area contributed by atoms with E-state index in [1.165, 1.54) is 0 Å². The number of benzene rings is 2. The van der Waals surface area contributed by atoms with Gasteiger partial charge in [-0.2, -0.15) is 5.10 Å². The second-order valence-corrected chi connectivity index (χ2v) is 7.81. The van der Waals surface area contributed by atoms with E-state index in [1.807, 2.05) is 31.2 Å². The third kappa shape index (κ3) is 3.72. The molecule has 0 radical (unpaired) electrons. The third-order valence-corrected chi connectivity index (χ3v) is 5.48. The second-order valence-electron chi connectivity index (χ2n) is 5.71. The second kappa shape index (κ2) is 7.67. The van der Waals surface area contributed by atoms with Gasteiger partial charge in [0.1, 0.15) is 5.71 Å². The van der Waals surface area contributed by atoms with Gasteiger partial charge in [-0.3, -0.25) is 9.80 Å². The summed E-state index contributed by atoms with van der Waals surface area (Å²) in [5.41, 5.74) is 2.06. The minimum atomic E-state index is -0.540. The van der Waals surface area contributed by atoms with Crippen LogP contribution in [0.5, 0.6) is 0 Å². The highest BCUT2D eigenvalue weighted by molar-refractivity contribution is 9.10. The van der Waals surface area contributed by atoms with Gasteiger partial charge in [-0.1, -0.05) is 58.2 Å². The zero-order chi connectivity index (χ0) is 18.1. The first-order valence-electron chi connectivity index (χ1n) is 7.70. The van der Waals surface area contributed by atoms with Crippen molar-refractivity contribution in [2.75, 3.05) is 5.01 Å². The maximum atomic E-state index is 11.9. The summed E-state index contributed by atoms with van der Waals surface area (Å²) < 4.78 is 0.980. The predicted molar refractivity (Wildman–Crippen MR) is 108 cm³/mol. The molecule has 0 N–H and O–H groups in total. The van der Waals surface area contributed by atoms with Crippen LogP contribution in [0.15, 0.2) is 52.0 Å². The molecule has 0 aromatic heterocycles. The van der Waals surface area contributed by atoms with Gasteiger partial charge in [-0.15, -0.1) is 0 Å². The number of carbonyl (C=O) groups is 1. The number of carbonyl (C=O) groups excluding carboxylic acids is 1. The molecule has 25 heavy (non-hydrogen) atoms. The first kappa shape index (κ1) is 18.7. The molecular weight excluding hydrogens is 446 g/mol. The molecule has 2 aromatic carbocycles. The summed E-state index contributed by atoms with van der Waals surface area (Å²) in [7, 11) is 0. The fraction of sp³-hybridized carbons (Fsp3) is 0.222. The van der Waals surface area contributed by atoms with Crippen LogP contribution < -0.4 is 5.01 Å². The largest absolute Gasteiger partial charge is 0.274 e. The number of halogens is 4. The molecule has 0 saturated carbocycles. The van der Waals surface area contributed by atoms with Gasteiger partial charge in [0.2, 0.25) is 0 Å². The van der Waals surface area contributed by atoms with Crippen LogP contribution in [0.1, 0.15) is 24.9 Å². The highest BCUT2D eigenvalue weighted by atomic mass is 79.9. The Morgan fingerprint density at radius 1 is 1.20 bits per heavy atom. The molecular formula is C18H14BrCl3N2O. The van der Waals surface area contributed by atoms with Gasteiger partial charge in [-0.25, -0.2) is 0 Å². The first-order chi connectivity index (χ1) is 11.9. The summed E-state index contributed by atoms with van der Waals surface area (Å²) in [4.78, 5) is 11.9. The van der Waals surface area contributed by atoms with E-state index in [2.05, 4.69) is 21.0 Å². The van der Waals surface area contributed by atoms with E-state index >= 15 is 0 Å². The van der Waals surface area contributed by atoms with E-state index in [9.17, 15) is 4.79 Å². The van der Waals surface area contributed by atoms with Crippen molar-refractivity contribution >= 4 is 67.4 Å². The van der Waals surface area contributed by atoms with E-state index in [4.69, 9.17) is 34.8 Å². The smallest absolute Gasteiger partial charge is 0.268 e. The van der Waals surface area contributed by atoms with Crippen molar-refractivity contribution in [3.05, 3.63) is 62.5 Å². The van der Waals surface area contributed by atoms with Crippen molar-refractivity contribution in [3.63, 3.8) is 0 Å². The number of hydrogen-bond acceptors (Lipinski definition) is 3. The molecule has 2 unspecified atom stereocenters. The maximum Gasteiger partial charge on any atom is 0.268 e. The minimum absolute atomic E-state index is 0.127. The van der Waals surface area contributed by atoms with Crippen molar-refractivity contribution in [1.82, 2.24) is 0 Å². The minimum Gasteiger partial charge on any atom is -0.274 e. The fourth-order valence-electron chi connectivity index (χ4n) is 3.08. The maximum absolute atomic E-state index is 11.9. The molecule has 0 bridgehead atoms. The van der Waals surface area contributed by atoms with E-state index < -0.39 is 5.24 Å². The Bertz CT molecular complexity index is 839. The Balaban J connectivity index is 2.13. The fourth-order valence-corrected chi connectivity index (χ4v) is 4.02. The van der Waals surface area contributed by atoms with Crippen molar-refractivity contribution in [2.24, 2.45) is 11.0 Å². The van der Waals surface area contributed by atoms with Crippen LogP contribution in [0, 0.1) is 5.92 Å². The lowest BCUT2D eigenvalue weighted by atomic mass is 9.88. The molecule has 3 nitrogen and oxygen atoms in total. The molecule has 0 fully saturated rings. The van der Waals surface area contributed by atoms with Gasteiger partial charge in [0.25, 0.3) is 5.24 Å². The Hall–Kier alpha value is -1.07. The quantitative estimate of drug-likeness (QED) is 0.490. The monoisotopic (exact) mass is 458 g/mol. The zero-order valence-corrected chi connectivity index (χ0v) is 17.1. The average molecular weight is 461 g/mol. The molecule has 3 rings (SSSR count). The Kier molecular flexibility index (Phi) is 5.74. The standard InChI is InChI=1S/C18H14BrCl3N2O/c1-2-13-16(18(22)25)23-24(15-8-7-12(20)9-14(15)21)17(13)10-3-5-11(19)6-4-10/h3-9,13,17H,2H2,1H3. The van der Waals surface area contributed by atoms with Gasteiger partial charge >= 0.3 is 0 Å². The van der Waals surface area contributed by atoms with E-state index in [-0.39, 0.29) is 12.0 Å². The molecule has 2 atom stereocenters. The number of hydrazone groups is 1. The highest BCUT2D eigenvalue weighted by Crippen LogP contribution is 2.44. The van der Waals surface area contributed by atoms with Crippen molar-refractivity contribution in [1.29, 1.82) is 0 Å². The SMILES string of the molecule is CCC1C(C(=O)Cl)=NN(c2ccc(Cl)cc2Cl)C1c1ccc(Br)cc1. The molecule has 1 aliphatic rings. The zero-order valence-electron chi connectivity index (χ0n) is 13.2. The van der Waals surface area contributed by atoms with E-state index in [0.29, 0.717) is 21.4 Å².